The van der Waals surface area contributed by atoms with Crippen molar-refractivity contribution in [1.29, 1.82) is 0 Å². The van der Waals surface area contributed by atoms with Gasteiger partial charge in [0.05, 0.1) is 12.8 Å². The molecule has 0 aromatic heterocycles. The molecule has 0 bridgehead atoms. The van der Waals surface area contributed by atoms with Crippen molar-refractivity contribution in [3.8, 4) is 11.5 Å². The summed E-state index contributed by atoms with van der Waals surface area (Å²) in [5.41, 5.74) is 0.885. The maximum atomic E-state index is 12.4. The van der Waals surface area contributed by atoms with E-state index in [0.717, 1.165) is 0 Å². The van der Waals surface area contributed by atoms with Crippen molar-refractivity contribution in [3.05, 3.63) is 54.1 Å². The lowest BCUT2D eigenvalue weighted by Crippen LogP contribution is -2.26. The summed E-state index contributed by atoms with van der Waals surface area (Å²) in [4.78, 5) is 17.2. The minimum Gasteiger partial charge on any atom is -0.494 e. The van der Waals surface area contributed by atoms with Crippen LogP contribution in [0.3, 0.4) is 0 Å². The average molecular weight is 378 g/mol. The second-order valence-electron chi connectivity index (χ2n) is 5.35. The molecule has 2 aromatic rings. The van der Waals surface area contributed by atoms with E-state index in [1.807, 2.05) is 6.92 Å². The van der Waals surface area contributed by atoms with Crippen LogP contribution in [0, 0.1) is 0 Å². The van der Waals surface area contributed by atoms with E-state index in [4.69, 9.17) is 9.57 Å². The molecule has 1 N–H and O–H groups in total. The molecule has 0 aliphatic carbocycles. The molecule has 0 aliphatic rings. The van der Waals surface area contributed by atoms with Crippen LogP contribution in [0.1, 0.15) is 19.4 Å². The highest BCUT2D eigenvalue weighted by atomic mass is 19.3. The van der Waals surface area contributed by atoms with E-state index in [1.54, 1.807) is 36.4 Å². The highest BCUT2D eigenvalue weighted by Gasteiger charge is 2.14. The Labute approximate surface area is 155 Å². The molecule has 1 amide bonds. The van der Waals surface area contributed by atoms with Crippen LogP contribution in [0.25, 0.3) is 0 Å². The number of amides is 1. The number of nitrogens with zero attached hydrogens (tertiary/aromatic N) is 1. The van der Waals surface area contributed by atoms with Gasteiger partial charge in [-0.25, -0.2) is 0 Å². The first-order valence-electron chi connectivity index (χ1n) is 8.26. The van der Waals surface area contributed by atoms with Gasteiger partial charge in [-0.05, 0) is 50.2 Å². The number of alkyl halides is 2. The minimum absolute atomic E-state index is 0.0358. The van der Waals surface area contributed by atoms with E-state index in [1.165, 1.54) is 25.3 Å². The summed E-state index contributed by atoms with van der Waals surface area (Å²) in [7, 11) is 0. The van der Waals surface area contributed by atoms with Gasteiger partial charge in [-0.1, -0.05) is 17.3 Å². The third-order valence-corrected chi connectivity index (χ3v) is 3.35. The summed E-state index contributed by atoms with van der Waals surface area (Å²) in [6, 6.07) is 13.0. The van der Waals surface area contributed by atoms with Crippen molar-refractivity contribution < 1.29 is 27.9 Å². The number of para-hydroxylation sites is 1. The lowest BCUT2D eigenvalue weighted by atomic mass is 10.2. The van der Waals surface area contributed by atoms with E-state index in [-0.39, 0.29) is 5.75 Å². The SMILES string of the molecule is CCOc1ccc(NC(=O)C(C)O/N=C/c2ccccc2OC(F)F)cc1. The molecule has 0 aliphatic heterocycles. The Morgan fingerprint density at radius 3 is 2.56 bits per heavy atom. The zero-order valence-electron chi connectivity index (χ0n) is 14.9. The number of rotatable bonds is 9. The molecule has 8 heteroatoms. The number of anilines is 1. The molecule has 0 saturated heterocycles. The van der Waals surface area contributed by atoms with Crippen molar-refractivity contribution >= 4 is 17.8 Å². The Morgan fingerprint density at radius 2 is 1.89 bits per heavy atom. The van der Waals surface area contributed by atoms with Crippen LogP contribution in [-0.2, 0) is 9.63 Å². The van der Waals surface area contributed by atoms with Gasteiger partial charge in [-0.15, -0.1) is 0 Å². The third-order valence-electron chi connectivity index (χ3n) is 3.35. The van der Waals surface area contributed by atoms with E-state index in [9.17, 15) is 13.6 Å². The number of hydrogen-bond acceptors (Lipinski definition) is 5. The number of carbonyl (C=O) groups is 1. The van der Waals surface area contributed by atoms with Crippen molar-refractivity contribution in [2.24, 2.45) is 5.16 Å². The number of benzene rings is 2. The molecule has 0 saturated carbocycles. The van der Waals surface area contributed by atoms with Crippen molar-refractivity contribution in [3.63, 3.8) is 0 Å². The van der Waals surface area contributed by atoms with Gasteiger partial charge in [0.25, 0.3) is 5.91 Å². The molecule has 0 fully saturated rings. The fourth-order valence-electron chi connectivity index (χ4n) is 2.06. The predicted octanol–water partition coefficient (Wildman–Crippen LogP) is 4.06. The Kier molecular flexibility index (Phi) is 7.54. The molecule has 27 heavy (non-hydrogen) atoms. The first-order valence-corrected chi connectivity index (χ1v) is 8.26. The van der Waals surface area contributed by atoms with Crippen molar-refractivity contribution in [2.45, 2.75) is 26.6 Å². The largest absolute Gasteiger partial charge is 0.494 e. The maximum absolute atomic E-state index is 12.4. The number of oxime groups is 1. The van der Waals surface area contributed by atoms with E-state index in [2.05, 4.69) is 15.2 Å². The summed E-state index contributed by atoms with van der Waals surface area (Å²) in [6.07, 6.45) is 0.314. The second kappa shape index (κ2) is 10.1. The Hall–Kier alpha value is -3.16. The summed E-state index contributed by atoms with van der Waals surface area (Å²) in [5.74, 6) is 0.258. The Balaban J connectivity index is 1.90. The van der Waals surface area contributed by atoms with Gasteiger partial charge in [0.2, 0.25) is 6.10 Å². The van der Waals surface area contributed by atoms with Crippen LogP contribution in [0.4, 0.5) is 14.5 Å². The fraction of sp³-hybridized carbons (Fsp3) is 0.263. The number of ether oxygens (including phenoxy) is 2. The summed E-state index contributed by atoms with van der Waals surface area (Å²) in [5, 5.41) is 6.36. The van der Waals surface area contributed by atoms with Crippen LogP contribution in [0.2, 0.25) is 0 Å². The van der Waals surface area contributed by atoms with Gasteiger partial charge in [-0.3, -0.25) is 4.79 Å². The summed E-state index contributed by atoms with van der Waals surface area (Å²) < 4.78 is 34.5. The molecule has 144 valence electrons. The first kappa shape index (κ1) is 20.2. The summed E-state index contributed by atoms with van der Waals surface area (Å²) in [6.45, 7) is 1.01. The topological polar surface area (TPSA) is 69.2 Å². The molecule has 1 atom stereocenters. The minimum atomic E-state index is -2.95. The maximum Gasteiger partial charge on any atom is 0.387 e. The van der Waals surface area contributed by atoms with Crippen molar-refractivity contribution in [1.82, 2.24) is 0 Å². The highest BCUT2D eigenvalue weighted by molar-refractivity contribution is 5.94. The van der Waals surface area contributed by atoms with E-state index < -0.39 is 18.6 Å². The third kappa shape index (κ3) is 6.58. The van der Waals surface area contributed by atoms with Gasteiger partial charge in [0.1, 0.15) is 11.5 Å². The highest BCUT2D eigenvalue weighted by Crippen LogP contribution is 2.19. The molecule has 0 heterocycles. The molecule has 2 aromatic carbocycles. The predicted molar refractivity (Wildman–Crippen MR) is 97.5 cm³/mol. The first-order chi connectivity index (χ1) is 13.0. The van der Waals surface area contributed by atoms with Crippen LogP contribution in [0.15, 0.2) is 53.7 Å². The van der Waals surface area contributed by atoms with E-state index in [0.29, 0.717) is 23.6 Å². The quantitative estimate of drug-likeness (QED) is 0.528. The van der Waals surface area contributed by atoms with Crippen LogP contribution < -0.4 is 14.8 Å². The fourth-order valence-corrected chi connectivity index (χ4v) is 2.06. The summed E-state index contributed by atoms with van der Waals surface area (Å²) >= 11 is 0. The van der Waals surface area contributed by atoms with Crippen molar-refractivity contribution in [2.75, 3.05) is 11.9 Å². The monoisotopic (exact) mass is 378 g/mol. The standard InChI is InChI=1S/C19H20F2N2O4/c1-3-25-16-10-8-15(9-11-16)23-18(24)13(2)27-22-12-14-6-4-5-7-17(14)26-19(20)21/h4-13,19H,3H2,1-2H3,(H,23,24)/b22-12+. The lowest BCUT2D eigenvalue weighted by molar-refractivity contribution is -0.126. The Bertz CT molecular complexity index is 767. The van der Waals surface area contributed by atoms with Crippen LogP contribution >= 0.6 is 0 Å². The zero-order chi connectivity index (χ0) is 19.6. The van der Waals surface area contributed by atoms with Gasteiger partial charge >= 0.3 is 6.61 Å². The number of nitrogens with one attached hydrogen (secondary N) is 1. The lowest BCUT2D eigenvalue weighted by Gasteiger charge is -2.11. The molecule has 0 radical (unpaired) electrons. The van der Waals surface area contributed by atoms with Gasteiger partial charge in [0.15, 0.2) is 0 Å². The molecule has 6 nitrogen and oxygen atoms in total. The molecule has 2 rings (SSSR count). The normalized spacial score (nSPS) is 12.0. The van der Waals surface area contributed by atoms with Gasteiger partial charge < -0.3 is 19.6 Å². The molecular weight excluding hydrogens is 358 g/mol. The van der Waals surface area contributed by atoms with E-state index >= 15 is 0 Å². The second-order valence-corrected chi connectivity index (χ2v) is 5.35. The molecular formula is C19H20F2N2O4. The zero-order valence-corrected chi connectivity index (χ0v) is 14.9. The van der Waals surface area contributed by atoms with Gasteiger partial charge in [0, 0.05) is 11.3 Å². The van der Waals surface area contributed by atoms with Crippen LogP contribution in [-0.4, -0.2) is 31.4 Å². The number of halogens is 2. The Morgan fingerprint density at radius 1 is 1.19 bits per heavy atom. The smallest absolute Gasteiger partial charge is 0.387 e. The average Bonchev–Trinajstić information content (AvgIpc) is 2.64. The molecule has 0 spiro atoms. The molecule has 1 unspecified atom stereocenters. The number of carbonyl (C=O) groups excluding carboxylic acids is 1. The van der Waals surface area contributed by atoms with Gasteiger partial charge in [-0.2, -0.15) is 8.78 Å². The number of hydrogen-bond donors (Lipinski definition) is 1. The van der Waals surface area contributed by atoms with Crippen LogP contribution in [0.5, 0.6) is 11.5 Å².